The molecule has 1 aliphatic carbocycles. The third kappa shape index (κ3) is 3.95. The first-order valence-corrected chi connectivity index (χ1v) is 10.2. The van der Waals surface area contributed by atoms with Crippen molar-refractivity contribution in [3.8, 4) is 0 Å². The van der Waals surface area contributed by atoms with E-state index in [0.29, 0.717) is 17.4 Å². The van der Waals surface area contributed by atoms with Gasteiger partial charge in [0, 0.05) is 36.8 Å². The van der Waals surface area contributed by atoms with E-state index in [1.807, 2.05) is 11.8 Å². The molecule has 2 aromatic heterocycles. The summed E-state index contributed by atoms with van der Waals surface area (Å²) < 4.78 is 6.00. The van der Waals surface area contributed by atoms with Crippen LogP contribution in [0, 0.1) is 12.8 Å². The number of aromatic nitrogens is 1. The fraction of sp³-hybridized carbons (Fsp3) is 0.455. The fourth-order valence-electron chi connectivity index (χ4n) is 4.01. The van der Waals surface area contributed by atoms with Gasteiger partial charge in [0.25, 0.3) is 11.8 Å². The van der Waals surface area contributed by atoms with Crippen molar-refractivity contribution in [2.24, 2.45) is 11.0 Å². The maximum Gasteiger partial charge on any atom is 0.289 e. The second-order valence-corrected chi connectivity index (χ2v) is 7.90. The number of nitrogens with zero attached hydrogens (tertiary/aromatic N) is 3. The summed E-state index contributed by atoms with van der Waals surface area (Å²) in [5, 5.41) is 4.35. The van der Waals surface area contributed by atoms with Crippen molar-refractivity contribution in [1.82, 2.24) is 15.3 Å². The Morgan fingerprint density at radius 2 is 2.03 bits per heavy atom. The average Bonchev–Trinajstić information content (AvgIpc) is 3.10. The summed E-state index contributed by atoms with van der Waals surface area (Å²) in [6.45, 7) is 5.67. The fourth-order valence-corrected chi connectivity index (χ4v) is 4.01. The lowest BCUT2D eigenvalue weighted by atomic mass is 9.93. The molecule has 0 radical (unpaired) electrons. The summed E-state index contributed by atoms with van der Waals surface area (Å²) in [5.74, 6) is 1.46. The minimum absolute atomic E-state index is 0.0410. The quantitative estimate of drug-likeness (QED) is 0.809. The zero-order chi connectivity index (χ0) is 20.4. The number of nitrogens with one attached hydrogen (secondary N) is 1. The predicted molar refractivity (Wildman–Crippen MR) is 109 cm³/mol. The lowest BCUT2D eigenvalue weighted by Crippen LogP contribution is -2.38. The van der Waals surface area contributed by atoms with E-state index in [4.69, 9.17) is 4.42 Å². The van der Waals surface area contributed by atoms with Crippen molar-refractivity contribution in [1.29, 1.82) is 0 Å². The normalized spacial score (nSPS) is 18.6. The number of furan rings is 1. The molecule has 1 fully saturated rings. The number of aryl methyl sites for hydroxylation is 1. The van der Waals surface area contributed by atoms with Gasteiger partial charge in [-0.3, -0.25) is 14.6 Å². The molecule has 29 heavy (non-hydrogen) atoms. The lowest BCUT2D eigenvalue weighted by molar-refractivity contribution is 0.0662. The lowest BCUT2D eigenvalue weighted by Gasteiger charge is -2.29. The van der Waals surface area contributed by atoms with Gasteiger partial charge >= 0.3 is 0 Å². The smallest absolute Gasteiger partial charge is 0.289 e. The number of pyridine rings is 1. The number of hydrogen-bond acceptors (Lipinski definition) is 5. The molecule has 0 atom stereocenters. The van der Waals surface area contributed by atoms with E-state index in [0.717, 1.165) is 67.8 Å². The molecule has 0 saturated carbocycles. The molecule has 2 aromatic rings. The van der Waals surface area contributed by atoms with Crippen molar-refractivity contribution in [2.45, 2.75) is 46.0 Å². The molecule has 0 unspecified atom stereocenters. The van der Waals surface area contributed by atoms with Gasteiger partial charge in [-0.15, -0.1) is 0 Å². The highest BCUT2D eigenvalue weighted by atomic mass is 16.4. The van der Waals surface area contributed by atoms with Crippen LogP contribution in [-0.4, -0.2) is 40.5 Å². The predicted octanol–water partition coefficient (Wildman–Crippen LogP) is 3.33. The van der Waals surface area contributed by atoms with Crippen LogP contribution in [0.2, 0.25) is 0 Å². The minimum atomic E-state index is -0.356. The zero-order valence-corrected chi connectivity index (χ0v) is 16.9. The molecular formula is C22H26N4O3. The summed E-state index contributed by atoms with van der Waals surface area (Å²) in [6.07, 6.45) is 5.99. The van der Waals surface area contributed by atoms with Gasteiger partial charge in [0.1, 0.15) is 11.5 Å². The monoisotopic (exact) mass is 394 g/mol. The van der Waals surface area contributed by atoms with Gasteiger partial charge in [0.15, 0.2) is 5.76 Å². The molecule has 3 heterocycles. The van der Waals surface area contributed by atoms with Crippen LogP contribution in [0.5, 0.6) is 0 Å². The van der Waals surface area contributed by atoms with Gasteiger partial charge in [-0.25, -0.2) is 5.43 Å². The third-order valence-electron chi connectivity index (χ3n) is 5.78. The number of rotatable bonds is 3. The summed E-state index contributed by atoms with van der Waals surface area (Å²) in [5.41, 5.74) is 5.34. The van der Waals surface area contributed by atoms with Crippen LogP contribution < -0.4 is 5.43 Å². The SMILES string of the molecule is Cc1c(C(=O)N2CCC(C)CC2)oc2c1/C(=N/NC(=O)c1ccccn1)CCC2. The van der Waals surface area contributed by atoms with Crippen LogP contribution >= 0.6 is 0 Å². The molecule has 1 N–H and O–H groups in total. The van der Waals surface area contributed by atoms with Crippen LogP contribution in [0.25, 0.3) is 0 Å². The Kier molecular flexibility index (Phi) is 5.47. The number of hydrazone groups is 1. The number of carbonyl (C=O) groups excluding carboxylic acids is 2. The molecule has 2 aliphatic rings. The highest BCUT2D eigenvalue weighted by molar-refractivity contribution is 6.07. The van der Waals surface area contributed by atoms with E-state index in [1.165, 1.54) is 0 Å². The summed E-state index contributed by atoms with van der Waals surface area (Å²) in [4.78, 5) is 31.2. The van der Waals surface area contributed by atoms with E-state index in [-0.39, 0.29) is 11.8 Å². The first-order chi connectivity index (χ1) is 14.0. The highest BCUT2D eigenvalue weighted by Crippen LogP contribution is 2.31. The van der Waals surface area contributed by atoms with E-state index >= 15 is 0 Å². The van der Waals surface area contributed by atoms with Crippen molar-refractivity contribution < 1.29 is 14.0 Å². The summed E-state index contributed by atoms with van der Waals surface area (Å²) in [7, 11) is 0. The third-order valence-corrected chi connectivity index (χ3v) is 5.78. The maximum atomic E-state index is 13.0. The van der Waals surface area contributed by atoms with Gasteiger partial charge in [-0.2, -0.15) is 5.10 Å². The first kappa shape index (κ1) is 19.4. The minimum Gasteiger partial charge on any atom is -0.455 e. The van der Waals surface area contributed by atoms with Crippen LogP contribution in [0.4, 0.5) is 0 Å². The number of piperidine rings is 1. The molecule has 7 heteroatoms. The molecular weight excluding hydrogens is 368 g/mol. The number of carbonyl (C=O) groups is 2. The number of amides is 2. The second kappa shape index (κ2) is 8.19. The largest absolute Gasteiger partial charge is 0.455 e. The molecule has 1 saturated heterocycles. The van der Waals surface area contributed by atoms with E-state index in [1.54, 1.807) is 24.4 Å². The Morgan fingerprint density at radius 1 is 1.24 bits per heavy atom. The average molecular weight is 394 g/mol. The van der Waals surface area contributed by atoms with Crippen molar-refractivity contribution in [2.75, 3.05) is 13.1 Å². The molecule has 7 nitrogen and oxygen atoms in total. The van der Waals surface area contributed by atoms with E-state index < -0.39 is 0 Å². The molecule has 0 aromatic carbocycles. The maximum absolute atomic E-state index is 13.0. The Balaban J connectivity index is 1.56. The number of hydrogen-bond donors (Lipinski definition) is 1. The molecule has 2 amide bonds. The summed E-state index contributed by atoms with van der Waals surface area (Å²) >= 11 is 0. The van der Waals surface area contributed by atoms with Crippen molar-refractivity contribution in [3.05, 3.63) is 52.7 Å². The Hall–Kier alpha value is -2.96. The van der Waals surface area contributed by atoms with Gasteiger partial charge in [0.2, 0.25) is 0 Å². The van der Waals surface area contributed by atoms with Gasteiger partial charge in [-0.05, 0) is 50.7 Å². The van der Waals surface area contributed by atoms with Gasteiger partial charge in [0.05, 0.1) is 5.71 Å². The van der Waals surface area contributed by atoms with Gasteiger partial charge < -0.3 is 9.32 Å². The van der Waals surface area contributed by atoms with E-state index in [9.17, 15) is 9.59 Å². The first-order valence-electron chi connectivity index (χ1n) is 10.2. The Bertz CT molecular complexity index is 940. The highest BCUT2D eigenvalue weighted by Gasteiger charge is 2.31. The molecule has 1 aliphatic heterocycles. The van der Waals surface area contributed by atoms with Crippen molar-refractivity contribution in [3.63, 3.8) is 0 Å². The number of likely N-dealkylation sites (tertiary alicyclic amines) is 1. The van der Waals surface area contributed by atoms with Crippen LogP contribution in [0.1, 0.15) is 70.5 Å². The molecule has 0 bridgehead atoms. The topological polar surface area (TPSA) is 87.8 Å². The van der Waals surface area contributed by atoms with Crippen LogP contribution in [0.15, 0.2) is 33.9 Å². The molecule has 152 valence electrons. The number of fused-ring (bicyclic) bond motifs is 1. The van der Waals surface area contributed by atoms with Gasteiger partial charge in [-0.1, -0.05) is 13.0 Å². The standard InChI is InChI=1S/C22H26N4O3/c1-14-9-12-26(13-10-14)22(28)20-15(2)19-16(7-5-8-18(19)29-20)24-25-21(27)17-6-3-4-11-23-17/h3-4,6,11,14H,5,7-10,12-13H2,1-2H3,(H,25,27)/b24-16+. The molecule has 0 spiro atoms. The summed E-state index contributed by atoms with van der Waals surface area (Å²) in [6, 6.07) is 5.15. The Labute approximate surface area is 170 Å². The second-order valence-electron chi connectivity index (χ2n) is 7.90. The Morgan fingerprint density at radius 3 is 2.76 bits per heavy atom. The van der Waals surface area contributed by atoms with Crippen molar-refractivity contribution >= 4 is 17.5 Å². The van der Waals surface area contributed by atoms with E-state index in [2.05, 4.69) is 22.4 Å². The van der Waals surface area contributed by atoms with Crippen LogP contribution in [-0.2, 0) is 6.42 Å². The van der Waals surface area contributed by atoms with Crippen LogP contribution in [0.3, 0.4) is 0 Å². The molecule has 4 rings (SSSR count). The zero-order valence-electron chi connectivity index (χ0n) is 16.9.